The number of hydrogen-bond donors (Lipinski definition) is 0. The average molecular weight is 302 g/mol. The summed E-state index contributed by atoms with van der Waals surface area (Å²) in [6.45, 7) is 4.24. The topological polar surface area (TPSA) is 114 Å². The van der Waals surface area contributed by atoms with Gasteiger partial charge < -0.3 is 18.9 Å². The zero-order valence-corrected chi connectivity index (χ0v) is 11.8. The highest BCUT2D eigenvalue weighted by Gasteiger charge is 2.54. The van der Waals surface area contributed by atoms with Crippen LogP contribution >= 0.6 is 0 Å². The molecule has 0 saturated heterocycles. The van der Waals surface area contributed by atoms with Crippen molar-refractivity contribution in [2.45, 2.75) is 40.0 Å². The highest BCUT2D eigenvalue weighted by molar-refractivity contribution is 5.71. The summed E-state index contributed by atoms with van der Waals surface area (Å²) in [5.74, 6) is -6.08. The van der Waals surface area contributed by atoms with Gasteiger partial charge in [0.1, 0.15) is 0 Å². The predicted octanol–water partition coefficient (Wildman–Crippen LogP) is 0.133. The van der Waals surface area contributed by atoms with Gasteiger partial charge in [-0.15, -0.1) is 0 Å². The van der Waals surface area contributed by atoms with Crippen LogP contribution in [0.4, 0.5) is 0 Å². The predicted molar refractivity (Wildman–Crippen MR) is 62.8 cm³/mol. The first kappa shape index (κ1) is 16.6. The fraction of sp³-hybridized carbons (Fsp3) is 0.500. The van der Waals surface area contributed by atoms with Gasteiger partial charge in [-0.2, -0.15) is 0 Å². The van der Waals surface area contributed by atoms with E-state index in [1.165, 1.54) is 0 Å². The molecule has 0 radical (unpaired) electrons. The Morgan fingerprint density at radius 1 is 0.952 bits per heavy atom. The van der Waals surface area contributed by atoms with Crippen LogP contribution in [0.25, 0.3) is 0 Å². The van der Waals surface area contributed by atoms with Crippen molar-refractivity contribution >= 4 is 23.9 Å². The van der Waals surface area contributed by atoms with Gasteiger partial charge in [0.2, 0.25) is 12.0 Å². The molecule has 0 fully saturated rings. The van der Waals surface area contributed by atoms with Gasteiger partial charge in [-0.3, -0.25) is 23.9 Å². The van der Waals surface area contributed by atoms with Crippen molar-refractivity contribution in [3.8, 4) is 0 Å². The second-order valence-electron chi connectivity index (χ2n) is 3.96. The van der Waals surface area contributed by atoms with Crippen LogP contribution in [0.3, 0.4) is 0 Å². The lowest BCUT2D eigenvalue weighted by Gasteiger charge is -2.28. The molecule has 1 aliphatic heterocycles. The Morgan fingerprint density at radius 2 is 1.48 bits per heavy atom. The fourth-order valence-electron chi connectivity index (χ4n) is 1.49. The van der Waals surface area contributed by atoms with Crippen LogP contribution in [0.15, 0.2) is 11.8 Å². The van der Waals surface area contributed by atoms with Gasteiger partial charge in [0.15, 0.2) is 0 Å². The summed E-state index contributed by atoms with van der Waals surface area (Å²) in [6.07, 6.45) is -0.315. The van der Waals surface area contributed by atoms with Crippen molar-refractivity contribution in [1.82, 2.24) is 0 Å². The van der Waals surface area contributed by atoms with Crippen molar-refractivity contribution in [3.05, 3.63) is 11.8 Å². The maximum atomic E-state index is 11.2. The van der Waals surface area contributed by atoms with E-state index in [0.29, 0.717) is 0 Å². The molecule has 1 rings (SSSR count). The maximum Gasteiger partial charge on any atom is 0.443 e. The number of esters is 4. The van der Waals surface area contributed by atoms with Crippen molar-refractivity contribution < 1.29 is 42.9 Å². The van der Waals surface area contributed by atoms with E-state index in [0.717, 1.165) is 33.8 Å². The minimum absolute atomic E-state index is 0.424. The monoisotopic (exact) mass is 302 g/mol. The molecule has 21 heavy (non-hydrogen) atoms. The third-order valence-corrected chi connectivity index (χ3v) is 1.95. The summed E-state index contributed by atoms with van der Waals surface area (Å²) in [6, 6.07) is 0. The van der Waals surface area contributed by atoms with Crippen LogP contribution in [0.1, 0.15) is 27.7 Å². The summed E-state index contributed by atoms with van der Waals surface area (Å²) in [5, 5.41) is 0. The van der Waals surface area contributed by atoms with Crippen molar-refractivity contribution in [1.29, 1.82) is 0 Å². The lowest BCUT2D eigenvalue weighted by molar-refractivity contribution is -0.351. The summed E-state index contributed by atoms with van der Waals surface area (Å²) in [7, 11) is 0. The second-order valence-corrected chi connectivity index (χ2v) is 3.96. The lowest BCUT2D eigenvalue weighted by Crippen LogP contribution is -2.43. The highest BCUT2D eigenvalue weighted by Crippen LogP contribution is 2.35. The van der Waals surface area contributed by atoms with Crippen LogP contribution in [0.5, 0.6) is 0 Å². The summed E-state index contributed by atoms with van der Waals surface area (Å²) in [5.41, 5.74) is 0. The molecule has 1 unspecified atom stereocenters. The Labute approximate surface area is 119 Å². The first-order chi connectivity index (χ1) is 9.64. The van der Waals surface area contributed by atoms with E-state index in [4.69, 9.17) is 23.7 Å². The Hall–Kier alpha value is -2.42. The van der Waals surface area contributed by atoms with Crippen molar-refractivity contribution in [2.24, 2.45) is 0 Å². The van der Waals surface area contributed by atoms with Gasteiger partial charge in [-0.25, -0.2) is 0 Å². The maximum absolute atomic E-state index is 11.2. The molecule has 0 bridgehead atoms. The van der Waals surface area contributed by atoms with E-state index in [1.807, 2.05) is 0 Å². The van der Waals surface area contributed by atoms with Gasteiger partial charge in [0.05, 0.1) is 0 Å². The Balaban J connectivity index is 3.14. The number of carbonyl (C=O) groups excluding carboxylic acids is 4. The molecule has 1 atom stereocenters. The quantitative estimate of drug-likeness (QED) is 0.406. The molecule has 0 saturated carbocycles. The molecule has 1 heterocycles. The largest absolute Gasteiger partial charge is 0.443 e. The summed E-state index contributed by atoms with van der Waals surface area (Å²) >= 11 is 0. The van der Waals surface area contributed by atoms with Gasteiger partial charge in [-0.1, -0.05) is 0 Å². The second kappa shape index (κ2) is 6.35. The molecule has 9 nitrogen and oxygen atoms in total. The van der Waals surface area contributed by atoms with Crippen LogP contribution in [-0.4, -0.2) is 36.1 Å². The normalized spacial score (nSPS) is 19.2. The number of ether oxygens (including phenoxy) is 5. The first-order valence-electron chi connectivity index (χ1n) is 5.79. The first-order valence-corrected chi connectivity index (χ1v) is 5.79. The SMILES string of the molecule is CC(=O)OC1=CC(OC(C)=O)OC1(OC(C)=O)OC(C)=O. The highest BCUT2D eigenvalue weighted by atomic mass is 16.9. The molecule has 9 heteroatoms. The van der Waals surface area contributed by atoms with Crippen molar-refractivity contribution in [3.63, 3.8) is 0 Å². The third kappa shape index (κ3) is 4.56. The number of carbonyl (C=O) groups is 4. The Bertz CT molecular complexity index is 489. The van der Waals surface area contributed by atoms with Gasteiger partial charge in [0.25, 0.3) is 0 Å². The fourth-order valence-corrected chi connectivity index (χ4v) is 1.49. The van der Waals surface area contributed by atoms with Gasteiger partial charge in [0, 0.05) is 33.8 Å². The van der Waals surface area contributed by atoms with Crippen LogP contribution < -0.4 is 0 Å². The number of hydrogen-bond acceptors (Lipinski definition) is 9. The third-order valence-electron chi connectivity index (χ3n) is 1.95. The van der Waals surface area contributed by atoms with E-state index in [9.17, 15) is 19.2 Å². The Morgan fingerprint density at radius 3 is 1.86 bits per heavy atom. The molecule has 0 aliphatic carbocycles. The zero-order chi connectivity index (χ0) is 16.2. The summed E-state index contributed by atoms with van der Waals surface area (Å²) < 4.78 is 24.2. The van der Waals surface area contributed by atoms with Crippen molar-refractivity contribution in [2.75, 3.05) is 0 Å². The van der Waals surface area contributed by atoms with E-state index < -0.39 is 41.9 Å². The zero-order valence-electron chi connectivity index (χ0n) is 11.8. The van der Waals surface area contributed by atoms with E-state index in [-0.39, 0.29) is 0 Å². The Kier molecular flexibility index (Phi) is 5.03. The van der Waals surface area contributed by atoms with E-state index in [1.54, 1.807) is 0 Å². The molecule has 116 valence electrons. The van der Waals surface area contributed by atoms with Gasteiger partial charge in [-0.05, 0) is 0 Å². The molecule has 1 aliphatic rings. The average Bonchev–Trinajstić information content (AvgIpc) is 2.51. The molecule has 0 N–H and O–H groups in total. The van der Waals surface area contributed by atoms with E-state index in [2.05, 4.69) is 0 Å². The molecule has 0 aromatic rings. The van der Waals surface area contributed by atoms with E-state index >= 15 is 0 Å². The summed E-state index contributed by atoms with van der Waals surface area (Å²) in [4.78, 5) is 44.4. The minimum Gasteiger partial charge on any atom is -0.432 e. The molecule has 0 aromatic heterocycles. The molecular formula is C12H14O9. The van der Waals surface area contributed by atoms with Gasteiger partial charge >= 0.3 is 29.9 Å². The van der Waals surface area contributed by atoms with Crippen LogP contribution in [0, 0.1) is 0 Å². The molecule has 0 amide bonds. The van der Waals surface area contributed by atoms with Crippen LogP contribution in [-0.2, 0) is 42.9 Å². The molecule has 0 spiro atoms. The standard InChI is InChI=1S/C12H14O9/c1-6(13)17-10-5-11(18-7(2)14)21-12(10,19-8(3)15)20-9(4)16/h5,11H,1-4H3. The number of rotatable bonds is 4. The molecule has 0 aromatic carbocycles. The smallest absolute Gasteiger partial charge is 0.432 e. The van der Waals surface area contributed by atoms with Crippen LogP contribution in [0.2, 0.25) is 0 Å². The lowest BCUT2D eigenvalue weighted by atomic mass is 10.4. The minimum atomic E-state index is -2.41. The molecular weight excluding hydrogens is 288 g/mol.